The molecule has 1 aliphatic heterocycles. The van der Waals surface area contributed by atoms with Gasteiger partial charge in [0.2, 0.25) is 0 Å². The number of pyridine rings is 1. The van der Waals surface area contributed by atoms with Crippen LogP contribution in [0.2, 0.25) is 0 Å². The van der Waals surface area contributed by atoms with E-state index in [0.717, 1.165) is 18.2 Å². The molecule has 13 heteroatoms. The third kappa shape index (κ3) is 4.45. The van der Waals surface area contributed by atoms with Gasteiger partial charge >= 0.3 is 6.18 Å². The molecule has 2 aromatic carbocycles. The third-order valence-electron chi connectivity index (χ3n) is 7.62. The van der Waals surface area contributed by atoms with E-state index in [4.69, 9.17) is 19.6 Å². The standard InChI is InChI=1S/C28H24F4N4O5/c1-39-19-8-15(9-20-23(19)35-13-41-20)25(37)34-11-26(38,16-4-5-16)21-10-18-24(40-12-27(18,33)28(30,31)32)22(36-21)14-2-6-17(29)7-3-14/h2-3,6-10,13,16,38H,4-5,11-12,33H2,1H3,(H,34,37)/t26-,27+/m1/s1. The van der Waals surface area contributed by atoms with Crippen molar-refractivity contribution in [1.29, 1.82) is 0 Å². The molecule has 4 aromatic rings. The molecule has 0 unspecified atom stereocenters. The Morgan fingerprint density at radius 2 is 1.95 bits per heavy atom. The number of oxazole rings is 1. The van der Waals surface area contributed by atoms with Crippen LogP contribution in [0.4, 0.5) is 17.6 Å². The highest BCUT2D eigenvalue weighted by Crippen LogP contribution is 2.52. The summed E-state index contributed by atoms with van der Waals surface area (Å²) in [7, 11) is 1.41. The molecule has 1 fully saturated rings. The van der Waals surface area contributed by atoms with E-state index in [-0.39, 0.29) is 34.8 Å². The molecule has 1 saturated carbocycles. The van der Waals surface area contributed by atoms with E-state index in [1.165, 1.54) is 37.8 Å². The monoisotopic (exact) mass is 572 g/mol. The van der Waals surface area contributed by atoms with Crippen LogP contribution in [-0.2, 0) is 11.1 Å². The number of nitrogens with zero attached hydrogens (tertiary/aromatic N) is 2. The Labute approximate surface area is 230 Å². The number of nitrogens with one attached hydrogen (secondary N) is 1. The first kappa shape index (κ1) is 27.0. The highest BCUT2D eigenvalue weighted by atomic mass is 19.4. The molecule has 6 rings (SSSR count). The van der Waals surface area contributed by atoms with Crippen LogP contribution in [0.15, 0.2) is 53.3 Å². The predicted octanol–water partition coefficient (Wildman–Crippen LogP) is 4.17. The Bertz CT molecular complexity index is 1650. The Kier molecular flexibility index (Phi) is 6.19. The molecule has 0 radical (unpaired) electrons. The lowest BCUT2D eigenvalue weighted by Gasteiger charge is -2.31. The number of carbonyl (C=O) groups excluding carboxylic acids is 1. The van der Waals surface area contributed by atoms with Gasteiger partial charge in [0.15, 0.2) is 28.8 Å². The Hall–Kier alpha value is -4.23. The van der Waals surface area contributed by atoms with Crippen molar-refractivity contribution in [3.63, 3.8) is 0 Å². The number of halogens is 4. The number of hydrogen-bond donors (Lipinski definition) is 3. The maximum Gasteiger partial charge on any atom is 0.414 e. The molecular formula is C28H24F4N4O5. The van der Waals surface area contributed by atoms with Gasteiger partial charge in [-0.05, 0) is 61.2 Å². The number of benzene rings is 2. The molecule has 0 saturated heterocycles. The van der Waals surface area contributed by atoms with E-state index >= 15 is 0 Å². The summed E-state index contributed by atoms with van der Waals surface area (Å²) in [5, 5.41) is 14.6. The van der Waals surface area contributed by atoms with Crippen molar-refractivity contribution >= 4 is 17.0 Å². The Balaban J connectivity index is 1.41. The lowest BCUT2D eigenvalue weighted by atomic mass is 9.86. The van der Waals surface area contributed by atoms with Crippen molar-refractivity contribution < 1.29 is 41.4 Å². The van der Waals surface area contributed by atoms with E-state index in [2.05, 4.69) is 15.3 Å². The van der Waals surface area contributed by atoms with E-state index in [1.54, 1.807) is 0 Å². The van der Waals surface area contributed by atoms with Gasteiger partial charge in [0, 0.05) is 16.7 Å². The van der Waals surface area contributed by atoms with Crippen LogP contribution in [0, 0.1) is 11.7 Å². The second kappa shape index (κ2) is 9.42. The molecule has 2 atom stereocenters. The van der Waals surface area contributed by atoms with E-state index in [0.29, 0.717) is 29.7 Å². The number of aliphatic hydroxyl groups is 1. The maximum atomic E-state index is 14.2. The van der Waals surface area contributed by atoms with Gasteiger partial charge in [-0.2, -0.15) is 13.2 Å². The summed E-state index contributed by atoms with van der Waals surface area (Å²) >= 11 is 0. The first-order valence-corrected chi connectivity index (χ1v) is 12.7. The van der Waals surface area contributed by atoms with Gasteiger partial charge in [0.1, 0.15) is 29.5 Å². The number of aromatic nitrogens is 2. The second-order valence-electron chi connectivity index (χ2n) is 10.3. The van der Waals surface area contributed by atoms with Crippen molar-refractivity contribution in [3.05, 3.63) is 71.5 Å². The van der Waals surface area contributed by atoms with Gasteiger partial charge in [-0.15, -0.1) is 0 Å². The lowest BCUT2D eigenvalue weighted by Crippen LogP contribution is -2.52. The van der Waals surface area contributed by atoms with E-state index in [1.807, 2.05) is 0 Å². The number of rotatable bonds is 7. The van der Waals surface area contributed by atoms with Gasteiger partial charge < -0.3 is 30.0 Å². The van der Waals surface area contributed by atoms with Gasteiger partial charge in [0.25, 0.3) is 5.91 Å². The van der Waals surface area contributed by atoms with Gasteiger partial charge in [-0.3, -0.25) is 4.79 Å². The first-order valence-electron chi connectivity index (χ1n) is 12.7. The van der Waals surface area contributed by atoms with Crippen molar-refractivity contribution in [3.8, 4) is 22.8 Å². The molecule has 2 aromatic heterocycles. The quantitative estimate of drug-likeness (QED) is 0.281. The van der Waals surface area contributed by atoms with E-state index < -0.39 is 47.1 Å². The number of carbonyl (C=O) groups is 1. The summed E-state index contributed by atoms with van der Waals surface area (Å²) in [6.07, 6.45) is -2.57. The molecule has 1 amide bonds. The van der Waals surface area contributed by atoms with Crippen LogP contribution in [0.5, 0.6) is 11.5 Å². The summed E-state index contributed by atoms with van der Waals surface area (Å²) in [4.78, 5) is 21.7. The zero-order valence-electron chi connectivity index (χ0n) is 21.6. The van der Waals surface area contributed by atoms with Gasteiger partial charge in [-0.25, -0.2) is 14.4 Å². The molecule has 3 heterocycles. The van der Waals surface area contributed by atoms with Crippen LogP contribution in [0.25, 0.3) is 22.4 Å². The minimum Gasteiger partial charge on any atom is -0.494 e. The molecular weight excluding hydrogens is 548 g/mol. The molecule has 1 aliphatic carbocycles. The van der Waals surface area contributed by atoms with Crippen LogP contribution in [0.3, 0.4) is 0 Å². The summed E-state index contributed by atoms with van der Waals surface area (Å²) in [5.41, 5.74) is 1.76. The molecule has 9 nitrogen and oxygen atoms in total. The Morgan fingerprint density at radius 1 is 1.22 bits per heavy atom. The van der Waals surface area contributed by atoms with Crippen molar-refractivity contribution in [1.82, 2.24) is 15.3 Å². The SMILES string of the molecule is COc1cc(C(=O)NC[C@](O)(c2cc3c(c(-c4ccc(F)cc4)n2)OC[C@@]3(N)C(F)(F)F)C2CC2)cc2ocnc12. The minimum absolute atomic E-state index is 0.0278. The zero-order valence-corrected chi connectivity index (χ0v) is 21.6. The summed E-state index contributed by atoms with van der Waals surface area (Å²) < 4.78 is 72.2. The maximum absolute atomic E-state index is 14.2. The highest BCUT2D eigenvalue weighted by molar-refractivity contribution is 5.98. The molecule has 41 heavy (non-hydrogen) atoms. The third-order valence-corrected chi connectivity index (χ3v) is 7.62. The molecule has 2 aliphatic rings. The summed E-state index contributed by atoms with van der Waals surface area (Å²) in [5.74, 6) is -1.44. The van der Waals surface area contributed by atoms with Crippen LogP contribution < -0.4 is 20.5 Å². The summed E-state index contributed by atoms with van der Waals surface area (Å²) in [6.45, 7) is -1.26. The van der Waals surface area contributed by atoms with Crippen molar-refractivity contribution in [2.45, 2.75) is 30.2 Å². The fourth-order valence-electron chi connectivity index (χ4n) is 5.08. The minimum atomic E-state index is -4.89. The fourth-order valence-corrected chi connectivity index (χ4v) is 5.08. The number of nitrogens with two attached hydrogens (primary N) is 1. The first-order chi connectivity index (χ1) is 19.4. The average molecular weight is 573 g/mol. The largest absolute Gasteiger partial charge is 0.494 e. The topological polar surface area (TPSA) is 133 Å². The lowest BCUT2D eigenvalue weighted by molar-refractivity contribution is -0.191. The van der Waals surface area contributed by atoms with Crippen LogP contribution in [0.1, 0.15) is 34.5 Å². The number of methoxy groups -OCH3 is 1. The van der Waals surface area contributed by atoms with Crippen LogP contribution >= 0.6 is 0 Å². The van der Waals surface area contributed by atoms with Gasteiger partial charge in [0.05, 0.1) is 19.3 Å². The predicted molar refractivity (Wildman–Crippen MR) is 137 cm³/mol. The molecule has 0 spiro atoms. The van der Waals surface area contributed by atoms with Crippen molar-refractivity contribution in [2.75, 3.05) is 20.3 Å². The molecule has 214 valence electrons. The number of alkyl halides is 3. The van der Waals surface area contributed by atoms with Crippen LogP contribution in [-0.4, -0.2) is 47.4 Å². The normalized spacial score (nSPS) is 19.9. The summed E-state index contributed by atoms with van der Waals surface area (Å²) in [6, 6.07) is 8.98. The van der Waals surface area contributed by atoms with E-state index in [9.17, 15) is 27.5 Å². The molecule has 4 N–H and O–H groups in total. The molecule has 0 bridgehead atoms. The Morgan fingerprint density at radius 3 is 2.61 bits per heavy atom. The van der Waals surface area contributed by atoms with Gasteiger partial charge in [-0.1, -0.05) is 0 Å². The smallest absolute Gasteiger partial charge is 0.414 e. The average Bonchev–Trinajstić information content (AvgIpc) is 3.60. The zero-order chi connectivity index (χ0) is 29.2. The number of ether oxygens (including phenoxy) is 2. The number of fused-ring (bicyclic) bond motifs is 2. The number of amides is 1. The fraction of sp³-hybridized carbons (Fsp3) is 0.321. The van der Waals surface area contributed by atoms with Crippen molar-refractivity contribution in [2.24, 2.45) is 11.7 Å². The second-order valence-corrected chi connectivity index (χ2v) is 10.3. The highest BCUT2D eigenvalue weighted by Gasteiger charge is 2.59. The number of hydrogen-bond acceptors (Lipinski definition) is 8.